The normalized spacial score (nSPS) is 22.4. The van der Waals surface area contributed by atoms with Crippen molar-refractivity contribution < 1.29 is 4.21 Å². The molecule has 0 bridgehead atoms. The maximum Gasteiger partial charge on any atom is 0.0388 e. The molecule has 84 valence electrons. The van der Waals surface area contributed by atoms with Crippen LogP contribution in [0.4, 0.5) is 0 Å². The van der Waals surface area contributed by atoms with E-state index >= 15 is 0 Å². The van der Waals surface area contributed by atoms with Crippen molar-refractivity contribution in [3.8, 4) is 0 Å². The maximum atomic E-state index is 11.9. The smallest absolute Gasteiger partial charge is 0.0388 e. The summed E-state index contributed by atoms with van der Waals surface area (Å²) in [5.74, 6) is 0.838. The van der Waals surface area contributed by atoms with Gasteiger partial charge in [-0.1, -0.05) is 19.8 Å². The Morgan fingerprint density at radius 1 is 1.43 bits per heavy atom. The van der Waals surface area contributed by atoms with E-state index in [0.717, 1.165) is 18.7 Å². The van der Waals surface area contributed by atoms with E-state index in [-0.39, 0.29) is 0 Å². The molecule has 1 aliphatic carbocycles. The average Bonchev–Trinajstić information content (AvgIpc) is 2.67. The molecule has 1 rings (SSSR count). The summed E-state index contributed by atoms with van der Waals surface area (Å²) >= 11 is 0. The molecule has 1 saturated carbocycles. The predicted octanol–water partition coefficient (Wildman–Crippen LogP) is 2.07. The second-order valence-corrected chi connectivity index (χ2v) is 6.07. The SMILES string of the molecule is CCCNC(C)CS(=O)C1CCCC1. The zero-order chi connectivity index (χ0) is 10.4. The Balaban J connectivity index is 2.18. The summed E-state index contributed by atoms with van der Waals surface area (Å²) in [6.45, 7) is 5.35. The minimum atomic E-state index is -0.591. The number of hydrogen-bond donors (Lipinski definition) is 1. The van der Waals surface area contributed by atoms with Gasteiger partial charge in [0.05, 0.1) is 0 Å². The van der Waals surface area contributed by atoms with Crippen molar-refractivity contribution in [1.82, 2.24) is 5.32 Å². The molecule has 0 aromatic rings. The van der Waals surface area contributed by atoms with Crippen LogP contribution in [0.3, 0.4) is 0 Å². The molecule has 0 amide bonds. The van der Waals surface area contributed by atoms with Gasteiger partial charge in [-0.05, 0) is 32.7 Å². The van der Waals surface area contributed by atoms with E-state index in [0.29, 0.717) is 11.3 Å². The van der Waals surface area contributed by atoms with E-state index in [1.807, 2.05) is 0 Å². The Bertz CT molecular complexity index is 178. The highest BCUT2D eigenvalue weighted by atomic mass is 32.2. The van der Waals surface area contributed by atoms with Gasteiger partial charge in [0.15, 0.2) is 0 Å². The zero-order valence-electron chi connectivity index (χ0n) is 9.42. The molecule has 0 aromatic heterocycles. The van der Waals surface area contributed by atoms with Gasteiger partial charge in [0, 0.05) is 27.8 Å². The third kappa shape index (κ3) is 4.09. The molecular weight excluding hydrogens is 194 g/mol. The topological polar surface area (TPSA) is 29.1 Å². The summed E-state index contributed by atoms with van der Waals surface area (Å²) in [7, 11) is -0.591. The molecule has 2 atom stereocenters. The van der Waals surface area contributed by atoms with Gasteiger partial charge in [-0.25, -0.2) is 0 Å². The van der Waals surface area contributed by atoms with Crippen LogP contribution >= 0.6 is 0 Å². The molecule has 0 saturated heterocycles. The molecule has 3 heteroatoms. The van der Waals surface area contributed by atoms with Crippen molar-refractivity contribution in [3.05, 3.63) is 0 Å². The van der Waals surface area contributed by atoms with E-state index in [1.54, 1.807) is 0 Å². The van der Waals surface area contributed by atoms with Crippen LogP contribution < -0.4 is 5.32 Å². The number of rotatable bonds is 6. The van der Waals surface area contributed by atoms with Crippen LogP contribution in [0.2, 0.25) is 0 Å². The van der Waals surface area contributed by atoms with Gasteiger partial charge in [-0.3, -0.25) is 4.21 Å². The molecule has 0 radical (unpaired) electrons. The minimum Gasteiger partial charge on any atom is -0.313 e. The van der Waals surface area contributed by atoms with E-state index in [4.69, 9.17) is 0 Å². The Hall–Kier alpha value is 0.110. The molecule has 2 unspecified atom stereocenters. The highest BCUT2D eigenvalue weighted by Crippen LogP contribution is 2.23. The molecular formula is C11H23NOS. The van der Waals surface area contributed by atoms with E-state index < -0.39 is 10.8 Å². The van der Waals surface area contributed by atoms with Crippen LogP contribution in [-0.2, 0) is 10.8 Å². The number of nitrogens with one attached hydrogen (secondary N) is 1. The highest BCUT2D eigenvalue weighted by Gasteiger charge is 2.22. The van der Waals surface area contributed by atoms with Gasteiger partial charge in [0.1, 0.15) is 0 Å². The Kier molecular flexibility index (Phi) is 5.71. The first-order valence-electron chi connectivity index (χ1n) is 5.84. The minimum absolute atomic E-state index is 0.413. The first-order valence-corrected chi connectivity index (χ1v) is 7.22. The van der Waals surface area contributed by atoms with Crippen LogP contribution in [0, 0.1) is 0 Å². The fourth-order valence-electron chi connectivity index (χ4n) is 1.98. The van der Waals surface area contributed by atoms with Crippen LogP contribution in [0.25, 0.3) is 0 Å². The quantitative estimate of drug-likeness (QED) is 0.738. The fourth-order valence-corrected chi connectivity index (χ4v) is 3.73. The number of hydrogen-bond acceptors (Lipinski definition) is 2. The molecule has 0 spiro atoms. The maximum absolute atomic E-state index is 11.9. The van der Waals surface area contributed by atoms with Gasteiger partial charge in [0.25, 0.3) is 0 Å². The van der Waals surface area contributed by atoms with E-state index in [1.165, 1.54) is 25.7 Å². The first-order chi connectivity index (χ1) is 6.74. The lowest BCUT2D eigenvalue weighted by atomic mass is 10.3. The Morgan fingerprint density at radius 3 is 2.64 bits per heavy atom. The lowest BCUT2D eigenvalue weighted by Crippen LogP contribution is -2.33. The largest absolute Gasteiger partial charge is 0.313 e. The van der Waals surface area contributed by atoms with Crippen molar-refractivity contribution in [1.29, 1.82) is 0 Å². The average molecular weight is 217 g/mol. The van der Waals surface area contributed by atoms with Crippen molar-refractivity contribution >= 4 is 10.8 Å². The van der Waals surface area contributed by atoms with E-state index in [2.05, 4.69) is 19.2 Å². The van der Waals surface area contributed by atoms with Crippen LogP contribution in [0.1, 0.15) is 46.0 Å². The van der Waals surface area contributed by atoms with Gasteiger partial charge in [-0.2, -0.15) is 0 Å². The van der Waals surface area contributed by atoms with Gasteiger partial charge >= 0.3 is 0 Å². The molecule has 0 aliphatic heterocycles. The summed E-state index contributed by atoms with van der Waals surface area (Å²) in [6.07, 6.45) is 6.10. The third-order valence-corrected chi connectivity index (χ3v) is 4.87. The second-order valence-electron chi connectivity index (χ2n) is 4.31. The van der Waals surface area contributed by atoms with Gasteiger partial charge in [-0.15, -0.1) is 0 Å². The lowest BCUT2D eigenvalue weighted by Gasteiger charge is -2.15. The van der Waals surface area contributed by atoms with Crippen LogP contribution in [0.5, 0.6) is 0 Å². The van der Waals surface area contributed by atoms with E-state index in [9.17, 15) is 4.21 Å². The summed E-state index contributed by atoms with van der Waals surface area (Å²) in [4.78, 5) is 0. The van der Waals surface area contributed by atoms with Crippen molar-refractivity contribution in [2.24, 2.45) is 0 Å². The Morgan fingerprint density at radius 2 is 2.07 bits per heavy atom. The molecule has 1 N–H and O–H groups in total. The Labute approximate surface area is 90.3 Å². The first kappa shape index (κ1) is 12.2. The molecule has 0 aromatic carbocycles. The summed E-state index contributed by atoms with van der Waals surface area (Å²) in [6, 6.07) is 0.413. The standard InChI is InChI=1S/C11H23NOS/c1-3-8-12-10(2)9-14(13)11-6-4-5-7-11/h10-12H,3-9H2,1-2H3. The summed E-state index contributed by atoms with van der Waals surface area (Å²) < 4.78 is 11.9. The molecule has 1 fully saturated rings. The summed E-state index contributed by atoms with van der Waals surface area (Å²) in [5.41, 5.74) is 0. The molecule has 14 heavy (non-hydrogen) atoms. The van der Waals surface area contributed by atoms with Crippen molar-refractivity contribution in [2.75, 3.05) is 12.3 Å². The van der Waals surface area contributed by atoms with Crippen LogP contribution in [0.15, 0.2) is 0 Å². The van der Waals surface area contributed by atoms with Crippen molar-refractivity contribution in [3.63, 3.8) is 0 Å². The lowest BCUT2D eigenvalue weighted by molar-refractivity contribution is 0.579. The molecule has 0 heterocycles. The highest BCUT2D eigenvalue weighted by molar-refractivity contribution is 7.85. The summed E-state index contributed by atoms with van der Waals surface area (Å²) in [5, 5.41) is 3.89. The zero-order valence-corrected chi connectivity index (χ0v) is 10.2. The molecule has 1 aliphatic rings. The van der Waals surface area contributed by atoms with Crippen LogP contribution in [-0.4, -0.2) is 27.8 Å². The van der Waals surface area contributed by atoms with Gasteiger partial charge in [0.2, 0.25) is 0 Å². The third-order valence-electron chi connectivity index (χ3n) is 2.83. The van der Waals surface area contributed by atoms with Crippen molar-refractivity contribution in [2.45, 2.75) is 57.2 Å². The van der Waals surface area contributed by atoms with Gasteiger partial charge < -0.3 is 5.32 Å². The molecule has 2 nitrogen and oxygen atoms in total. The second kappa shape index (κ2) is 6.57. The fraction of sp³-hybridized carbons (Fsp3) is 1.00. The monoisotopic (exact) mass is 217 g/mol. The predicted molar refractivity (Wildman–Crippen MR) is 63.0 cm³/mol.